The first-order chi connectivity index (χ1) is 8.74. The van der Waals surface area contributed by atoms with Gasteiger partial charge >= 0.3 is 5.97 Å². The van der Waals surface area contributed by atoms with Gasteiger partial charge in [-0.2, -0.15) is 0 Å². The number of hydrogen-bond donors (Lipinski definition) is 2. The lowest BCUT2D eigenvalue weighted by molar-refractivity contribution is 0.0377. The average Bonchev–Trinajstić information content (AvgIpc) is 2.72. The van der Waals surface area contributed by atoms with Crippen LogP contribution >= 0.6 is 11.3 Å². The first kappa shape index (κ1) is 11.5. The van der Waals surface area contributed by atoms with Crippen LogP contribution in [0.4, 0.5) is 5.00 Å². The maximum absolute atomic E-state index is 11.8. The Bertz CT molecular complexity index is 494. The van der Waals surface area contributed by atoms with E-state index < -0.39 is 0 Å². The highest BCUT2D eigenvalue weighted by molar-refractivity contribution is 7.18. The monoisotopic (exact) mass is 266 g/mol. The van der Waals surface area contributed by atoms with Gasteiger partial charge in [-0.3, -0.25) is 4.79 Å². The van der Waals surface area contributed by atoms with Gasteiger partial charge in [0.25, 0.3) is 5.91 Å². The number of nitrogens with one attached hydrogen (secondary N) is 2. The Morgan fingerprint density at radius 2 is 2.28 bits per heavy atom. The first-order valence-electron chi connectivity index (χ1n) is 6.07. The third kappa shape index (κ3) is 2.08. The Morgan fingerprint density at radius 3 is 2.94 bits per heavy atom. The number of hydrogen-bond acceptors (Lipinski definition) is 5. The Morgan fingerprint density at radius 1 is 1.44 bits per heavy atom. The Hall–Kier alpha value is -1.56. The van der Waals surface area contributed by atoms with Gasteiger partial charge in [0, 0.05) is 0 Å². The largest absolute Gasteiger partial charge is 0.461 e. The number of rotatable bonds is 3. The minimum absolute atomic E-state index is 0.141. The van der Waals surface area contributed by atoms with Crippen molar-refractivity contribution in [1.82, 2.24) is 5.32 Å². The summed E-state index contributed by atoms with van der Waals surface area (Å²) in [5.41, 5.74) is 0.529. The summed E-state index contributed by atoms with van der Waals surface area (Å²) in [7, 11) is 0. The third-order valence-electron chi connectivity index (χ3n) is 3.35. The third-order valence-corrected chi connectivity index (χ3v) is 4.42. The van der Waals surface area contributed by atoms with E-state index in [1.807, 2.05) is 0 Å². The Kier molecular flexibility index (Phi) is 2.95. The van der Waals surface area contributed by atoms with Crippen LogP contribution in [0.1, 0.15) is 39.3 Å². The van der Waals surface area contributed by atoms with Gasteiger partial charge in [0.2, 0.25) is 0 Å². The molecule has 0 spiro atoms. The lowest BCUT2D eigenvalue weighted by Crippen LogP contribution is -2.33. The Balaban J connectivity index is 1.68. The summed E-state index contributed by atoms with van der Waals surface area (Å²) in [6.45, 7) is 0.907. The van der Waals surface area contributed by atoms with Crippen molar-refractivity contribution < 1.29 is 14.3 Å². The molecule has 18 heavy (non-hydrogen) atoms. The molecule has 0 atom stereocenters. The molecule has 5 nitrogen and oxygen atoms in total. The normalized spacial score (nSPS) is 18.3. The van der Waals surface area contributed by atoms with Gasteiger partial charge in [0.05, 0.1) is 18.8 Å². The van der Waals surface area contributed by atoms with Crippen molar-refractivity contribution >= 4 is 28.2 Å². The van der Waals surface area contributed by atoms with Crippen molar-refractivity contribution in [2.45, 2.75) is 19.3 Å². The SMILES string of the molecule is O=C(OCC1CCC1)c1cc2c(s1)NCNC2=O. The van der Waals surface area contributed by atoms with E-state index in [4.69, 9.17) is 4.74 Å². The van der Waals surface area contributed by atoms with Gasteiger partial charge in [-0.1, -0.05) is 6.42 Å². The van der Waals surface area contributed by atoms with Crippen LogP contribution in [-0.4, -0.2) is 25.2 Å². The Labute approximate surface area is 109 Å². The molecule has 1 aromatic heterocycles. The highest BCUT2D eigenvalue weighted by atomic mass is 32.1. The van der Waals surface area contributed by atoms with E-state index in [1.165, 1.54) is 17.8 Å². The molecule has 2 N–H and O–H groups in total. The number of fused-ring (bicyclic) bond motifs is 1. The van der Waals surface area contributed by atoms with Crippen molar-refractivity contribution in [3.05, 3.63) is 16.5 Å². The second-order valence-electron chi connectivity index (χ2n) is 4.61. The molecule has 2 heterocycles. The van der Waals surface area contributed by atoms with E-state index in [1.54, 1.807) is 6.07 Å². The van der Waals surface area contributed by atoms with Crippen LogP contribution in [-0.2, 0) is 4.74 Å². The van der Waals surface area contributed by atoms with Gasteiger partial charge < -0.3 is 15.4 Å². The fourth-order valence-corrected chi connectivity index (χ4v) is 2.96. The van der Waals surface area contributed by atoms with Crippen molar-refractivity contribution in [2.24, 2.45) is 5.92 Å². The zero-order valence-corrected chi connectivity index (χ0v) is 10.6. The van der Waals surface area contributed by atoms with Crippen molar-refractivity contribution in [3.63, 3.8) is 0 Å². The molecular formula is C12H14N2O3S. The summed E-state index contributed by atoms with van der Waals surface area (Å²) >= 11 is 1.28. The van der Waals surface area contributed by atoms with Crippen molar-refractivity contribution in [1.29, 1.82) is 0 Å². The molecule has 1 aliphatic carbocycles. The standard InChI is InChI=1S/C12H14N2O3S/c15-10-8-4-9(18-11(8)14-6-13-10)12(16)17-5-7-2-1-3-7/h4,7,14H,1-3,5-6H2,(H,13,15). The zero-order valence-electron chi connectivity index (χ0n) is 9.82. The molecule has 0 saturated heterocycles. The van der Waals surface area contributed by atoms with Gasteiger partial charge in [0.15, 0.2) is 0 Å². The van der Waals surface area contributed by atoms with Crippen molar-refractivity contribution in [3.8, 4) is 0 Å². The highest BCUT2D eigenvalue weighted by Crippen LogP contribution is 2.31. The second kappa shape index (κ2) is 4.61. The number of esters is 1. The maximum Gasteiger partial charge on any atom is 0.348 e. The fraction of sp³-hybridized carbons (Fsp3) is 0.500. The van der Waals surface area contributed by atoms with Crippen LogP contribution in [0.5, 0.6) is 0 Å². The van der Waals surface area contributed by atoms with Crippen LogP contribution < -0.4 is 10.6 Å². The lowest BCUT2D eigenvalue weighted by Gasteiger charge is -2.24. The molecule has 0 aromatic carbocycles. The lowest BCUT2D eigenvalue weighted by atomic mass is 9.86. The summed E-state index contributed by atoms with van der Waals surface area (Å²) in [6, 6.07) is 1.60. The number of ether oxygens (including phenoxy) is 1. The van der Waals surface area contributed by atoms with E-state index in [-0.39, 0.29) is 11.9 Å². The molecular weight excluding hydrogens is 252 g/mol. The summed E-state index contributed by atoms with van der Waals surface area (Å²) in [4.78, 5) is 23.9. The number of carbonyl (C=O) groups excluding carboxylic acids is 2. The first-order valence-corrected chi connectivity index (χ1v) is 6.88. The molecule has 1 fully saturated rings. The van der Waals surface area contributed by atoms with Crippen molar-refractivity contribution in [2.75, 3.05) is 18.6 Å². The highest BCUT2D eigenvalue weighted by Gasteiger charge is 2.24. The van der Waals surface area contributed by atoms with Crippen LogP contribution in [0, 0.1) is 5.92 Å². The topological polar surface area (TPSA) is 67.4 Å². The molecule has 0 radical (unpaired) electrons. The molecule has 0 unspecified atom stereocenters. The van der Waals surface area contributed by atoms with Crippen LogP contribution in [0.2, 0.25) is 0 Å². The van der Waals surface area contributed by atoms with E-state index in [2.05, 4.69) is 10.6 Å². The molecule has 1 amide bonds. The molecule has 3 rings (SSSR count). The summed E-state index contributed by atoms with van der Waals surface area (Å²) in [5, 5.41) is 6.44. The predicted octanol–water partition coefficient (Wildman–Crippen LogP) is 1.82. The number of carbonyl (C=O) groups is 2. The van der Waals surface area contributed by atoms with Crippen LogP contribution in [0.25, 0.3) is 0 Å². The summed E-state index contributed by atoms with van der Waals surface area (Å²) < 4.78 is 5.26. The van der Waals surface area contributed by atoms with E-state index in [0.29, 0.717) is 29.6 Å². The molecule has 1 aliphatic heterocycles. The van der Waals surface area contributed by atoms with Gasteiger partial charge in [0.1, 0.15) is 9.88 Å². The molecule has 0 bridgehead atoms. The molecule has 1 saturated carbocycles. The van der Waals surface area contributed by atoms with Gasteiger partial charge in [-0.05, 0) is 24.8 Å². The molecule has 96 valence electrons. The van der Waals surface area contributed by atoms with E-state index in [9.17, 15) is 9.59 Å². The smallest absolute Gasteiger partial charge is 0.348 e. The van der Waals surface area contributed by atoms with Crippen LogP contribution in [0.15, 0.2) is 6.07 Å². The van der Waals surface area contributed by atoms with E-state index in [0.717, 1.165) is 17.8 Å². The van der Waals surface area contributed by atoms with Crippen LogP contribution in [0.3, 0.4) is 0 Å². The van der Waals surface area contributed by atoms with E-state index >= 15 is 0 Å². The number of anilines is 1. The molecule has 1 aromatic rings. The number of amides is 1. The zero-order chi connectivity index (χ0) is 12.5. The minimum Gasteiger partial charge on any atom is -0.461 e. The quantitative estimate of drug-likeness (QED) is 0.819. The second-order valence-corrected chi connectivity index (χ2v) is 5.66. The minimum atomic E-state index is -0.323. The fourth-order valence-electron chi connectivity index (χ4n) is 2.02. The van der Waals surface area contributed by atoms with Gasteiger partial charge in [-0.15, -0.1) is 11.3 Å². The maximum atomic E-state index is 11.8. The molecule has 6 heteroatoms. The summed E-state index contributed by atoms with van der Waals surface area (Å²) in [5.74, 6) is 0.0684. The number of thiophene rings is 1. The molecule has 2 aliphatic rings. The van der Waals surface area contributed by atoms with Gasteiger partial charge in [-0.25, -0.2) is 4.79 Å². The predicted molar refractivity (Wildman–Crippen MR) is 67.9 cm³/mol. The average molecular weight is 266 g/mol. The summed E-state index contributed by atoms with van der Waals surface area (Å²) in [6.07, 6.45) is 3.54.